The Hall–Kier alpha value is -5.04. The highest BCUT2D eigenvalue weighted by Gasteiger charge is 2.39. The number of nitrogens with one attached hydrogen (secondary N) is 1. The lowest BCUT2D eigenvalue weighted by Gasteiger charge is -2.36. The number of ether oxygens (including phenoxy) is 6. The second kappa shape index (κ2) is 21.2. The van der Waals surface area contributed by atoms with Crippen LogP contribution >= 0.6 is 7.60 Å². The van der Waals surface area contributed by atoms with E-state index in [0.717, 1.165) is 6.42 Å². The fourth-order valence-electron chi connectivity index (χ4n) is 5.51. The van der Waals surface area contributed by atoms with Gasteiger partial charge in [-0.2, -0.15) is 0 Å². The Morgan fingerprint density at radius 2 is 1.42 bits per heavy atom. The molecule has 2 atom stereocenters. The molecule has 4 rings (SSSR count). The Labute approximate surface area is 318 Å². The lowest BCUT2D eigenvalue weighted by Crippen LogP contribution is -2.57. The van der Waals surface area contributed by atoms with Crippen LogP contribution < -0.4 is 10.2 Å². The summed E-state index contributed by atoms with van der Waals surface area (Å²) in [6.07, 6.45) is -2.95. The minimum Gasteiger partial charge on any atom is -0.450 e. The van der Waals surface area contributed by atoms with Crippen LogP contribution in [0.1, 0.15) is 37.7 Å². The Bertz CT molecular complexity index is 1630. The quantitative estimate of drug-likeness (QED) is 0.105. The zero-order valence-electron chi connectivity index (χ0n) is 31.2. The van der Waals surface area contributed by atoms with E-state index in [0.29, 0.717) is 24.5 Å². The average molecular weight is 795 g/mol. The van der Waals surface area contributed by atoms with Crippen LogP contribution in [0.15, 0.2) is 36.4 Å². The van der Waals surface area contributed by atoms with E-state index in [9.17, 15) is 28.5 Å². The molecule has 0 spiro atoms. The van der Waals surface area contributed by atoms with E-state index >= 15 is 0 Å². The van der Waals surface area contributed by atoms with Crippen molar-refractivity contribution in [2.24, 2.45) is 0 Å². The molecule has 2 fully saturated rings. The first-order valence-corrected chi connectivity index (χ1v) is 19.4. The smallest absolute Gasteiger partial charge is 0.450 e. The van der Waals surface area contributed by atoms with E-state index in [1.807, 2.05) is 11.0 Å². The summed E-state index contributed by atoms with van der Waals surface area (Å²) in [5.41, 5.74) is 0.519. The van der Waals surface area contributed by atoms with Gasteiger partial charge in [-0.05, 0) is 27.2 Å². The first-order valence-electron chi connectivity index (χ1n) is 17.7. The third kappa shape index (κ3) is 12.8. The first kappa shape index (κ1) is 42.7. The number of amides is 3. The van der Waals surface area contributed by atoms with Gasteiger partial charge in [-0.3, -0.25) is 23.2 Å². The monoisotopic (exact) mass is 794 g/mol. The lowest BCUT2D eigenvalue weighted by atomic mass is 10.2. The van der Waals surface area contributed by atoms with E-state index in [4.69, 9.17) is 42.5 Å². The number of carbonyl (C=O) groups excluding carboxylic acids is 5. The maximum absolute atomic E-state index is 14.2. The Morgan fingerprint density at radius 1 is 0.818 bits per heavy atom. The van der Waals surface area contributed by atoms with Crippen LogP contribution in [0.4, 0.5) is 20.2 Å². The van der Waals surface area contributed by atoms with Crippen LogP contribution in [0.2, 0.25) is 0 Å². The van der Waals surface area contributed by atoms with E-state index < -0.39 is 63.6 Å². The molecule has 3 amide bonds. The summed E-state index contributed by atoms with van der Waals surface area (Å²) in [5.74, 6) is -0.849. The molecule has 1 N–H and O–H groups in total. The van der Waals surface area contributed by atoms with Crippen LogP contribution in [-0.4, -0.2) is 148 Å². The molecule has 2 aliphatic heterocycles. The summed E-state index contributed by atoms with van der Waals surface area (Å²) in [5, 5.41) is 2.63. The van der Waals surface area contributed by atoms with Crippen LogP contribution in [0.25, 0.3) is 11.4 Å². The molecular weight excluding hydrogens is 747 g/mol. The SMILES string of the molecule is CCOC(=O)OCOP(=O)(CC(NC(=O)c1cc(N2CCC(OC)C2)nc(-c2ccccc2)n1)C(=O)N1CCN(C(=O)OCC)CC1)OCOC(=O)OCC. The van der Waals surface area contributed by atoms with Crippen molar-refractivity contribution in [2.75, 3.05) is 90.8 Å². The van der Waals surface area contributed by atoms with E-state index in [2.05, 4.69) is 10.3 Å². The molecule has 2 saturated heterocycles. The summed E-state index contributed by atoms with van der Waals surface area (Å²) in [6.45, 7) is 4.42. The molecule has 302 valence electrons. The van der Waals surface area contributed by atoms with Crippen molar-refractivity contribution in [3.8, 4) is 11.4 Å². The fraction of sp³-hybridized carbons (Fsp3) is 0.559. The molecule has 20 nitrogen and oxygen atoms in total. The molecule has 0 bridgehead atoms. The van der Waals surface area contributed by atoms with Gasteiger partial charge in [-0.15, -0.1) is 0 Å². The summed E-state index contributed by atoms with van der Waals surface area (Å²) in [6, 6.07) is 8.86. The van der Waals surface area contributed by atoms with Crippen molar-refractivity contribution in [1.29, 1.82) is 0 Å². The van der Waals surface area contributed by atoms with Gasteiger partial charge < -0.3 is 48.4 Å². The number of aromatic nitrogens is 2. The van der Waals surface area contributed by atoms with Crippen molar-refractivity contribution in [3.63, 3.8) is 0 Å². The van der Waals surface area contributed by atoms with Gasteiger partial charge >= 0.3 is 26.0 Å². The topological polar surface area (TPSA) is 224 Å². The molecular formula is C34H47N6O14P. The third-order valence-corrected chi connectivity index (χ3v) is 10.1. The van der Waals surface area contributed by atoms with Crippen LogP contribution in [0.5, 0.6) is 0 Å². The van der Waals surface area contributed by atoms with Crippen molar-refractivity contribution in [3.05, 3.63) is 42.1 Å². The van der Waals surface area contributed by atoms with E-state index in [1.165, 1.54) is 15.9 Å². The van der Waals surface area contributed by atoms with Gasteiger partial charge in [0.15, 0.2) is 5.82 Å². The zero-order chi connectivity index (χ0) is 39.8. The molecule has 0 saturated carbocycles. The first-order chi connectivity index (χ1) is 26.5. The highest BCUT2D eigenvalue weighted by Crippen LogP contribution is 2.49. The highest BCUT2D eigenvalue weighted by molar-refractivity contribution is 7.54. The summed E-state index contributed by atoms with van der Waals surface area (Å²) in [4.78, 5) is 78.3. The van der Waals surface area contributed by atoms with Crippen LogP contribution in [0, 0.1) is 0 Å². The zero-order valence-corrected chi connectivity index (χ0v) is 32.1. The Kier molecular flexibility index (Phi) is 16.4. The van der Waals surface area contributed by atoms with Gasteiger partial charge in [0.2, 0.25) is 19.5 Å². The molecule has 3 heterocycles. The number of anilines is 1. The van der Waals surface area contributed by atoms with Crippen molar-refractivity contribution < 1.29 is 66.0 Å². The standard InChI is InChI=1S/C34H47N6O14P/c1-5-48-32(43)39-17-15-38(16-18-39)31(42)27(21-55(46,53-22-51-33(44)49-6-2)54-23-52-34(45)50-7-3)36-30(41)26-19-28(40-14-13-25(20-40)47-4)37-29(35-26)24-11-9-8-10-12-24/h8-12,19,25,27H,5-7,13-18,20-23H2,1-4H3,(H,36,41). The minimum atomic E-state index is -4.58. The maximum atomic E-state index is 14.2. The van der Waals surface area contributed by atoms with E-state index in [-0.39, 0.29) is 63.6 Å². The summed E-state index contributed by atoms with van der Waals surface area (Å²) >= 11 is 0. The molecule has 2 aliphatic rings. The number of benzene rings is 1. The molecule has 21 heteroatoms. The maximum Gasteiger partial charge on any atom is 0.510 e. The van der Waals surface area contributed by atoms with Gasteiger partial charge in [0, 0.05) is 58.0 Å². The second-order valence-electron chi connectivity index (χ2n) is 11.9. The molecule has 1 aromatic heterocycles. The Morgan fingerprint density at radius 3 is 1.98 bits per heavy atom. The largest absolute Gasteiger partial charge is 0.510 e. The highest BCUT2D eigenvalue weighted by atomic mass is 31.2. The van der Waals surface area contributed by atoms with Gasteiger partial charge in [-0.1, -0.05) is 30.3 Å². The van der Waals surface area contributed by atoms with Crippen molar-refractivity contribution in [1.82, 2.24) is 25.1 Å². The number of rotatable bonds is 17. The van der Waals surface area contributed by atoms with Gasteiger partial charge in [0.05, 0.1) is 32.1 Å². The second-order valence-corrected chi connectivity index (χ2v) is 14.0. The molecule has 0 radical (unpaired) electrons. The van der Waals surface area contributed by atoms with Crippen LogP contribution in [-0.2, 0) is 46.8 Å². The van der Waals surface area contributed by atoms with Crippen LogP contribution in [0.3, 0.4) is 0 Å². The molecule has 55 heavy (non-hydrogen) atoms. The van der Waals surface area contributed by atoms with Gasteiger partial charge in [0.1, 0.15) is 17.6 Å². The van der Waals surface area contributed by atoms with Gasteiger partial charge in [-0.25, -0.2) is 24.4 Å². The molecule has 2 unspecified atom stereocenters. The van der Waals surface area contributed by atoms with Gasteiger partial charge in [0.25, 0.3) is 5.91 Å². The predicted octanol–water partition coefficient (Wildman–Crippen LogP) is 3.26. The van der Waals surface area contributed by atoms with Crippen molar-refractivity contribution >= 4 is 43.6 Å². The number of methoxy groups -OCH3 is 1. The number of nitrogens with zero attached hydrogens (tertiary/aromatic N) is 5. The molecule has 0 aliphatic carbocycles. The number of hydrogen-bond donors (Lipinski definition) is 1. The van der Waals surface area contributed by atoms with E-state index in [1.54, 1.807) is 52.1 Å². The lowest BCUT2D eigenvalue weighted by molar-refractivity contribution is -0.134. The number of piperazine rings is 1. The number of hydrogen-bond acceptors (Lipinski definition) is 17. The normalized spacial score (nSPS) is 16.2. The third-order valence-electron chi connectivity index (χ3n) is 8.28. The molecule has 2 aromatic rings. The minimum absolute atomic E-state index is 0.0200. The summed E-state index contributed by atoms with van der Waals surface area (Å²) < 4.78 is 54.5. The fourth-order valence-corrected chi connectivity index (χ4v) is 6.92. The van der Waals surface area contributed by atoms with Crippen molar-refractivity contribution in [2.45, 2.75) is 39.3 Å². The Balaban J connectivity index is 1.65. The average Bonchev–Trinajstić information content (AvgIpc) is 3.68. The predicted molar refractivity (Wildman–Crippen MR) is 192 cm³/mol. The number of carbonyl (C=O) groups is 5. The molecule has 1 aromatic carbocycles. The summed E-state index contributed by atoms with van der Waals surface area (Å²) in [7, 11) is -2.96.